The molecular formula is C18H14F2N2O2. The van der Waals surface area contributed by atoms with Gasteiger partial charge in [0.25, 0.3) is 0 Å². The van der Waals surface area contributed by atoms with Crippen molar-refractivity contribution in [1.82, 2.24) is 10.6 Å². The molecule has 122 valence electrons. The summed E-state index contributed by atoms with van der Waals surface area (Å²) in [7, 11) is 0. The summed E-state index contributed by atoms with van der Waals surface area (Å²) < 4.78 is 27.4. The molecule has 0 fully saturated rings. The number of amides is 2. The van der Waals surface area contributed by atoms with Crippen LogP contribution in [-0.4, -0.2) is 11.8 Å². The second kappa shape index (κ2) is 6.23. The Hall–Kier alpha value is -3.02. The Kier molecular flexibility index (Phi) is 4.12. The summed E-state index contributed by atoms with van der Waals surface area (Å²) in [6, 6.07) is 9.97. The number of ketones is 1. The van der Waals surface area contributed by atoms with E-state index in [1.807, 2.05) is 0 Å². The van der Waals surface area contributed by atoms with Gasteiger partial charge >= 0.3 is 6.03 Å². The molecule has 6 heteroatoms. The summed E-state index contributed by atoms with van der Waals surface area (Å²) in [5.41, 5.74) is 0.995. The molecule has 1 atom stereocenters. The van der Waals surface area contributed by atoms with Crippen molar-refractivity contribution in [3.05, 3.63) is 82.6 Å². The van der Waals surface area contributed by atoms with Crippen LogP contribution >= 0.6 is 0 Å². The van der Waals surface area contributed by atoms with Crippen LogP contribution in [0.1, 0.15) is 28.9 Å². The van der Waals surface area contributed by atoms with E-state index in [0.717, 1.165) is 12.1 Å². The van der Waals surface area contributed by atoms with Gasteiger partial charge in [-0.15, -0.1) is 0 Å². The molecule has 2 amide bonds. The minimum absolute atomic E-state index is 0.0323. The van der Waals surface area contributed by atoms with Gasteiger partial charge in [-0.1, -0.05) is 36.4 Å². The highest BCUT2D eigenvalue weighted by Gasteiger charge is 2.33. The molecule has 0 bridgehead atoms. The van der Waals surface area contributed by atoms with Crippen LogP contribution in [-0.2, 0) is 0 Å². The molecule has 1 heterocycles. The summed E-state index contributed by atoms with van der Waals surface area (Å²) in [5.74, 6) is -1.89. The average Bonchev–Trinajstić information content (AvgIpc) is 2.54. The molecule has 2 aromatic carbocycles. The number of Topliss-reactive ketones (excluding diaryl/α,β-unsaturated/α-hetero) is 1. The number of carbonyl (C=O) groups is 2. The number of urea groups is 1. The minimum atomic E-state index is -0.993. The van der Waals surface area contributed by atoms with Crippen molar-refractivity contribution >= 4 is 11.8 Å². The molecule has 1 unspecified atom stereocenters. The Balaban J connectivity index is 2.10. The molecule has 0 aromatic heterocycles. The third-order valence-corrected chi connectivity index (χ3v) is 3.82. The average molecular weight is 328 g/mol. The SMILES string of the molecule is CC1=C(C(=O)c2ccccc2)C(c2ccc(F)cc2F)NC(=O)N1. The second-order valence-corrected chi connectivity index (χ2v) is 5.43. The van der Waals surface area contributed by atoms with Gasteiger partial charge in [-0.25, -0.2) is 13.6 Å². The summed E-state index contributed by atoms with van der Waals surface area (Å²) in [6.45, 7) is 1.57. The first-order valence-corrected chi connectivity index (χ1v) is 7.30. The number of rotatable bonds is 3. The van der Waals surface area contributed by atoms with E-state index in [1.165, 1.54) is 6.07 Å². The Morgan fingerprint density at radius 2 is 1.79 bits per heavy atom. The van der Waals surface area contributed by atoms with Gasteiger partial charge in [0.05, 0.1) is 6.04 Å². The van der Waals surface area contributed by atoms with E-state index in [9.17, 15) is 18.4 Å². The molecule has 0 spiro atoms. The van der Waals surface area contributed by atoms with Crippen LogP contribution in [0, 0.1) is 11.6 Å². The Bertz CT molecular complexity index is 847. The highest BCUT2D eigenvalue weighted by molar-refractivity contribution is 6.11. The van der Waals surface area contributed by atoms with Crippen molar-refractivity contribution in [3.8, 4) is 0 Å². The smallest absolute Gasteiger partial charge is 0.319 e. The van der Waals surface area contributed by atoms with Crippen molar-refractivity contribution < 1.29 is 18.4 Å². The lowest BCUT2D eigenvalue weighted by molar-refractivity contribution is 0.102. The van der Waals surface area contributed by atoms with Crippen LogP contribution < -0.4 is 10.6 Å². The topological polar surface area (TPSA) is 58.2 Å². The summed E-state index contributed by atoms with van der Waals surface area (Å²) >= 11 is 0. The van der Waals surface area contributed by atoms with Crippen LogP contribution in [0.4, 0.5) is 13.6 Å². The third kappa shape index (κ3) is 2.90. The zero-order chi connectivity index (χ0) is 17.3. The Morgan fingerprint density at radius 1 is 1.08 bits per heavy atom. The lowest BCUT2D eigenvalue weighted by Crippen LogP contribution is -2.45. The normalized spacial score (nSPS) is 17.3. The minimum Gasteiger partial charge on any atom is -0.327 e. The fourth-order valence-electron chi connectivity index (χ4n) is 2.71. The van der Waals surface area contributed by atoms with E-state index in [-0.39, 0.29) is 16.9 Å². The van der Waals surface area contributed by atoms with Crippen LogP contribution in [0.3, 0.4) is 0 Å². The largest absolute Gasteiger partial charge is 0.327 e. The second-order valence-electron chi connectivity index (χ2n) is 5.43. The van der Waals surface area contributed by atoms with Crippen LogP contribution in [0.2, 0.25) is 0 Å². The van der Waals surface area contributed by atoms with Crippen molar-refractivity contribution in [2.75, 3.05) is 0 Å². The number of hydrogen-bond acceptors (Lipinski definition) is 2. The number of allylic oxidation sites excluding steroid dienone is 1. The number of halogens is 2. The number of carbonyl (C=O) groups excluding carboxylic acids is 2. The van der Waals surface area contributed by atoms with E-state index < -0.39 is 23.7 Å². The maximum Gasteiger partial charge on any atom is 0.319 e. The summed E-state index contributed by atoms with van der Waals surface area (Å²) in [5, 5.41) is 5.06. The third-order valence-electron chi connectivity index (χ3n) is 3.82. The van der Waals surface area contributed by atoms with Crippen LogP contribution in [0.15, 0.2) is 59.8 Å². The summed E-state index contributed by atoms with van der Waals surface area (Å²) in [6.07, 6.45) is 0. The molecule has 0 saturated heterocycles. The lowest BCUT2D eigenvalue weighted by Gasteiger charge is -2.29. The van der Waals surface area contributed by atoms with Gasteiger partial charge < -0.3 is 10.6 Å². The molecule has 1 aliphatic rings. The monoisotopic (exact) mass is 328 g/mol. The number of nitrogens with one attached hydrogen (secondary N) is 2. The maximum atomic E-state index is 14.2. The predicted octanol–water partition coefficient (Wildman–Crippen LogP) is 3.48. The maximum absolute atomic E-state index is 14.2. The molecule has 24 heavy (non-hydrogen) atoms. The first-order chi connectivity index (χ1) is 11.5. The molecule has 4 nitrogen and oxygen atoms in total. The molecule has 0 radical (unpaired) electrons. The van der Waals surface area contributed by atoms with Crippen molar-refractivity contribution in [2.45, 2.75) is 13.0 Å². The molecule has 0 aliphatic carbocycles. The molecule has 2 aromatic rings. The van der Waals surface area contributed by atoms with Gasteiger partial charge in [-0.3, -0.25) is 4.79 Å². The van der Waals surface area contributed by atoms with E-state index >= 15 is 0 Å². The quantitative estimate of drug-likeness (QED) is 0.848. The van der Waals surface area contributed by atoms with Gasteiger partial charge in [-0.2, -0.15) is 0 Å². The Morgan fingerprint density at radius 3 is 2.46 bits per heavy atom. The molecular weight excluding hydrogens is 314 g/mol. The van der Waals surface area contributed by atoms with Crippen LogP contribution in [0.5, 0.6) is 0 Å². The fourth-order valence-corrected chi connectivity index (χ4v) is 2.71. The lowest BCUT2D eigenvalue weighted by atomic mass is 9.89. The van der Waals surface area contributed by atoms with Crippen LogP contribution in [0.25, 0.3) is 0 Å². The first kappa shape index (κ1) is 15.9. The number of hydrogen-bond donors (Lipinski definition) is 2. The zero-order valence-electron chi connectivity index (χ0n) is 12.8. The van der Waals surface area contributed by atoms with E-state index in [0.29, 0.717) is 11.3 Å². The first-order valence-electron chi connectivity index (χ1n) is 7.30. The van der Waals surface area contributed by atoms with Crippen molar-refractivity contribution in [1.29, 1.82) is 0 Å². The number of benzene rings is 2. The van der Waals surface area contributed by atoms with Crippen molar-refractivity contribution in [3.63, 3.8) is 0 Å². The van der Waals surface area contributed by atoms with Gasteiger partial charge in [0.2, 0.25) is 0 Å². The van der Waals surface area contributed by atoms with E-state index in [2.05, 4.69) is 10.6 Å². The molecule has 3 rings (SSSR count). The highest BCUT2D eigenvalue weighted by Crippen LogP contribution is 2.31. The van der Waals surface area contributed by atoms with Gasteiger partial charge in [-0.05, 0) is 13.0 Å². The molecule has 0 saturated carbocycles. The van der Waals surface area contributed by atoms with Gasteiger partial charge in [0, 0.05) is 28.5 Å². The Labute approximate surface area is 137 Å². The highest BCUT2D eigenvalue weighted by atomic mass is 19.1. The standard InChI is InChI=1S/C18H14F2N2O2/c1-10-15(17(23)11-5-3-2-4-6-11)16(22-18(24)21-10)13-8-7-12(19)9-14(13)20/h2-9,16H,1H3,(H2,21,22,24). The van der Waals surface area contributed by atoms with Gasteiger partial charge in [0.1, 0.15) is 11.6 Å². The molecule has 1 aliphatic heterocycles. The van der Waals surface area contributed by atoms with E-state index in [1.54, 1.807) is 37.3 Å². The van der Waals surface area contributed by atoms with E-state index in [4.69, 9.17) is 0 Å². The van der Waals surface area contributed by atoms with Crippen molar-refractivity contribution in [2.24, 2.45) is 0 Å². The van der Waals surface area contributed by atoms with Gasteiger partial charge in [0.15, 0.2) is 5.78 Å². The summed E-state index contributed by atoms with van der Waals surface area (Å²) in [4.78, 5) is 24.6. The zero-order valence-corrected chi connectivity index (χ0v) is 12.8. The molecule has 2 N–H and O–H groups in total. The predicted molar refractivity (Wildman–Crippen MR) is 84.2 cm³/mol. The fraction of sp³-hybridized carbons (Fsp3) is 0.111.